The fourth-order valence-corrected chi connectivity index (χ4v) is 2.46. The molecule has 0 amide bonds. The molecule has 0 spiro atoms. The molecule has 2 rings (SSSR count). The number of anilines is 1. The molecule has 0 aliphatic rings. The third-order valence-corrected chi connectivity index (χ3v) is 3.42. The summed E-state index contributed by atoms with van der Waals surface area (Å²) in [6.07, 6.45) is 2.75. The van der Waals surface area contributed by atoms with Crippen LogP contribution < -0.4 is 4.90 Å². The zero-order valence-electron chi connectivity index (χ0n) is 10.1. The van der Waals surface area contributed by atoms with Crippen molar-refractivity contribution in [2.45, 2.75) is 13.5 Å². The second-order valence-corrected chi connectivity index (χ2v) is 5.31. The highest BCUT2D eigenvalue weighted by Gasteiger charge is 2.08. The van der Waals surface area contributed by atoms with Gasteiger partial charge in [-0.05, 0) is 19.1 Å². The Bertz CT molecular complexity index is 551. The van der Waals surface area contributed by atoms with Crippen LogP contribution in [0, 0.1) is 6.92 Å². The number of nitrogens with zero attached hydrogens (tertiary/aromatic N) is 3. The number of rotatable bonds is 4. The van der Waals surface area contributed by atoms with Gasteiger partial charge in [-0.1, -0.05) is 0 Å². The van der Waals surface area contributed by atoms with Gasteiger partial charge in [0.05, 0.1) is 18.9 Å². The third-order valence-electron chi connectivity index (χ3n) is 2.44. The molecule has 0 aromatic carbocycles. The lowest BCUT2D eigenvalue weighted by molar-refractivity contribution is 0.0690. The minimum atomic E-state index is -1.06. The second-order valence-electron chi connectivity index (χ2n) is 3.93. The largest absolute Gasteiger partial charge is 0.476 e. The summed E-state index contributed by atoms with van der Waals surface area (Å²) >= 11 is 1.73. The molecule has 0 fully saturated rings. The maximum atomic E-state index is 10.7. The first-order valence-electron chi connectivity index (χ1n) is 5.38. The fourth-order valence-electron chi connectivity index (χ4n) is 1.51. The highest BCUT2D eigenvalue weighted by Crippen LogP contribution is 2.18. The highest BCUT2D eigenvalue weighted by atomic mass is 32.1. The van der Waals surface area contributed by atoms with E-state index in [0.29, 0.717) is 5.82 Å². The molecule has 6 heteroatoms. The van der Waals surface area contributed by atoms with Crippen molar-refractivity contribution in [2.75, 3.05) is 11.9 Å². The maximum absolute atomic E-state index is 10.7. The van der Waals surface area contributed by atoms with Gasteiger partial charge in [-0.25, -0.2) is 14.8 Å². The molecular formula is C12H13N3O2S. The average Bonchev–Trinajstić information content (AvgIpc) is 2.75. The van der Waals surface area contributed by atoms with Crippen molar-refractivity contribution in [3.05, 3.63) is 40.0 Å². The molecule has 0 unspecified atom stereocenters. The second kappa shape index (κ2) is 5.14. The lowest BCUT2D eigenvalue weighted by Gasteiger charge is -2.16. The van der Waals surface area contributed by atoms with E-state index in [1.165, 1.54) is 22.1 Å². The number of aromatic nitrogens is 2. The van der Waals surface area contributed by atoms with Crippen LogP contribution in [-0.2, 0) is 6.54 Å². The van der Waals surface area contributed by atoms with E-state index in [9.17, 15) is 4.79 Å². The summed E-state index contributed by atoms with van der Waals surface area (Å²) in [5, 5.41) is 8.74. The van der Waals surface area contributed by atoms with E-state index in [1.807, 2.05) is 11.9 Å². The first-order valence-corrected chi connectivity index (χ1v) is 6.19. The van der Waals surface area contributed by atoms with Gasteiger partial charge in [0.2, 0.25) is 0 Å². The first kappa shape index (κ1) is 12.5. The summed E-state index contributed by atoms with van der Waals surface area (Å²) in [5.74, 6) is -0.406. The Morgan fingerprint density at radius 3 is 2.67 bits per heavy atom. The monoisotopic (exact) mass is 263 g/mol. The molecule has 1 N–H and O–H groups in total. The van der Waals surface area contributed by atoms with E-state index < -0.39 is 5.97 Å². The average molecular weight is 263 g/mol. The van der Waals surface area contributed by atoms with Gasteiger partial charge < -0.3 is 10.0 Å². The molecule has 0 radical (unpaired) electrons. The topological polar surface area (TPSA) is 66.3 Å². The summed E-state index contributed by atoms with van der Waals surface area (Å²) in [5.41, 5.74) is -0.0425. The normalized spacial score (nSPS) is 10.3. The molecule has 0 saturated heterocycles. The van der Waals surface area contributed by atoms with Crippen LogP contribution in [0.4, 0.5) is 5.82 Å². The number of aryl methyl sites for hydroxylation is 1. The zero-order chi connectivity index (χ0) is 13.1. The summed E-state index contributed by atoms with van der Waals surface area (Å²) in [4.78, 5) is 23.0. The molecule has 2 heterocycles. The van der Waals surface area contributed by atoms with Gasteiger partial charge in [-0.3, -0.25) is 0 Å². The maximum Gasteiger partial charge on any atom is 0.356 e. The third kappa shape index (κ3) is 2.84. The number of hydrogen-bond acceptors (Lipinski definition) is 5. The van der Waals surface area contributed by atoms with E-state index in [-0.39, 0.29) is 5.69 Å². The van der Waals surface area contributed by atoms with Gasteiger partial charge in [0.1, 0.15) is 5.82 Å². The number of thiophene rings is 1. The number of aromatic carboxylic acids is 1. The van der Waals surface area contributed by atoms with E-state index in [0.717, 1.165) is 6.54 Å². The molecule has 0 aliphatic heterocycles. The number of carboxylic acid groups (broad SMARTS) is 1. The van der Waals surface area contributed by atoms with Crippen molar-refractivity contribution in [2.24, 2.45) is 0 Å². The van der Waals surface area contributed by atoms with Crippen LogP contribution in [0.1, 0.15) is 20.2 Å². The Labute approximate surface area is 109 Å². The summed E-state index contributed by atoms with van der Waals surface area (Å²) in [6.45, 7) is 2.80. The molecule has 0 saturated carbocycles. The van der Waals surface area contributed by atoms with Crippen LogP contribution in [0.3, 0.4) is 0 Å². The minimum absolute atomic E-state index is 0.0425. The smallest absolute Gasteiger partial charge is 0.356 e. The van der Waals surface area contributed by atoms with Crippen LogP contribution in [0.15, 0.2) is 24.5 Å². The van der Waals surface area contributed by atoms with Crippen LogP contribution in [0.25, 0.3) is 0 Å². The molecule has 2 aromatic rings. The molecular weight excluding hydrogens is 250 g/mol. The van der Waals surface area contributed by atoms with Gasteiger partial charge >= 0.3 is 5.97 Å². The Morgan fingerprint density at radius 2 is 2.17 bits per heavy atom. The number of carbonyl (C=O) groups is 1. The van der Waals surface area contributed by atoms with Crippen LogP contribution in [0.2, 0.25) is 0 Å². The summed E-state index contributed by atoms with van der Waals surface area (Å²) in [7, 11) is 1.90. The van der Waals surface area contributed by atoms with Gasteiger partial charge in [-0.2, -0.15) is 0 Å². The Morgan fingerprint density at radius 1 is 1.39 bits per heavy atom. The van der Waals surface area contributed by atoms with Gasteiger partial charge in [-0.15, -0.1) is 11.3 Å². The van der Waals surface area contributed by atoms with Crippen molar-refractivity contribution in [3.63, 3.8) is 0 Å². The van der Waals surface area contributed by atoms with Crippen molar-refractivity contribution in [1.29, 1.82) is 0 Å². The lowest BCUT2D eigenvalue weighted by Crippen LogP contribution is -2.17. The van der Waals surface area contributed by atoms with Gasteiger partial charge in [0, 0.05) is 16.8 Å². The zero-order valence-corrected chi connectivity index (χ0v) is 10.9. The molecule has 5 nitrogen and oxygen atoms in total. The van der Waals surface area contributed by atoms with E-state index >= 15 is 0 Å². The Hall–Kier alpha value is -1.95. The van der Waals surface area contributed by atoms with Gasteiger partial charge in [0.25, 0.3) is 0 Å². The predicted octanol–water partition coefficient (Wildman–Crippen LogP) is 2.18. The first-order chi connectivity index (χ1) is 8.56. The van der Waals surface area contributed by atoms with Crippen molar-refractivity contribution in [1.82, 2.24) is 9.97 Å². The highest BCUT2D eigenvalue weighted by molar-refractivity contribution is 7.11. The molecule has 0 bridgehead atoms. The summed E-state index contributed by atoms with van der Waals surface area (Å²) in [6, 6.07) is 4.16. The quantitative estimate of drug-likeness (QED) is 0.915. The van der Waals surface area contributed by atoms with Gasteiger partial charge in [0.15, 0.2) is 5.69 Å². The number of hydrogen-bond donors (Lipinski definition) is 1. The Balaban J connectivity index is 2.09. The van der Waals surface area contributed by atoms with E-state index in [4.69, 9.17) is 5.11 Å². The van der Waals surface area contributed by atoms with Crippen molar-refractivity contribution in [3.8, 4) is 0 Å². The standard InChI is InChI=1S/C12H13N3O2S/c1-8-3-4-9(18-8)7-15(2)11-6-13-10(5-14-11)12(16)17/h3-6H,7H2,1-2H3,(H,16,17). The number of carboxylic acids is 1. The lowest BCUT2D eigenvalue weighted by atomic mass is 10.4. The molecule has 18 heavy (non-hydrogen) atoms. The van der Waals surface area contributed by atoms with Crippen molar-refractivity contribution < 1.29 is 9.90 Å². The van der Waals surface area contributed by atoms with Crippen molar-refractivity contribution >= 4 is 23.1 Å². The molecule has 2 aromatic heterocycles. The summed E-state index contributed by atoms with van der Waals surface area (Å²) < 4.78 is 0. The SMILES string of the molecule is Cc1ccc(CN(C)c2cnc(C(=O)O)cn2)s1. The molecule has 0 aliphatic carbocycles. The van der Waals surface area contributed by atoms with Crippen LogP contribution >= 0.6 is 11.3 Å². The Kier molecular flexibility index (Phi) is 3.57. The minimum Gasteiger partial charge on any atom is -0.476 e. The molecule has 94 valence electrons. The van der Waals surface area contributed by atoms with Crippen LogP contribution in [-0.4, -0.2) is 28.1 Å². The predicted molar refractivity (Wildman–Crippen MR) is 70.2 cm³/mol. The fraction of sp³-hybridized carbons (Fsp3) is 0.250. The molecule has 0 atom stereocenters. The van der Waals surface area contributed by atoms with Crippen LogP contribution in [0.5, 0.6) is 0 Å². The van der Waals surface area contributed by atoms with E-state index in [1.54, 1.807) is 11.3 Å². The van der Waals surface area contributed by atoms with E-state index in [2.05, 4.69) is 29.0 Å².